The number of nitrogens with zero attached hydrogens (tertiary/aromatic N) is 3. The summed E-state index contributed by atoms with van der Waals surface area (Å²) in [5.74, 6) is 1.45. The second-order valence-electron chi connectivity index (χ2n) is 8.79. The van der Waals surface area contributed by atoms with Crippen molar-refractivity contribution in [2.45, 2.75) is 32.4 Å². The van der Waals surface area contributed by atoms with Gasteiger partial charge in [-0.15, -0.1) is 6.58 Å². The Morgan fingerprint density at radius 1 is 1.21 bits per heavy atom. The number of benzene rings is 2. The number of hydrogen-bond acceptors (Lipinski definition) is 5. The molecule has 1 heterocycles. The summed E-state index contributed by atoms with van der Waals surface area (Å²) >= 11 is 0. The van der Waals surface area contributed by atoms with Crippen LogP contribution in [-0.4, -0.2) is 52.2 Å². The highest BCUT2D eigenvalue weighted by molar-refractivity contribution is 5.43. The molecule has 1 saturated carbocycles. The molecule has 34 heavy (non-hydrogen) atoms. The molecule has 7 heteroatoms. The smallest absolute Gasteiger partial charge is 0.227 e. The van der Waals surface area contributed by atoms with Crippen molar-refractivity contribution in [2.24, 2.45) is 5.92 Å². The van der Waals surface area contributed by atoms with Crippen LogP contribution in [0, 0.1) is 18.7 Å². The number of ether oxygens (including phenoxy) is 2. The second kappa shape index (κ2) is 11.4. The van der Waals surface area contributed by atoms with Crippen molar-refractivity contribution in [2.75, 3.05) is 26.3 Å². The van der Waals surface area contributed by atoms with E-state index in [9.17, 15) is 9.50 Å². The first-order chi connectivity index (χ1) is 16.5. The van der Waals surface area contributed by atoms with Crippen LogP contribution in [0.25, 0.3) is 5.69 Å². The number of aryl methyl sites for hydroxylation is 1. The van der Waals surface area contributed by atoms with Crippen molar-refractivity contribution >= 4 is 0 Å². The second-order valence-corrected chi connectivity index (χ2v) is 8.79. The molecule has 6 nitrogen and oxygen atoms in total. The first kappa shape index (κ1) is 24.1. The summed E-state index contributed by atoms with van der Waals surface area (Å²) in [5, 5.41) is 15.3. The normalized spacial score (nSPS) is 14.4. The zero-order valence-corrected chi connectivity index (χ0v) is 19.6. The van der Waals surface area contributed by atoms with Crippen molar-refractivity contribution in [1.29, 1.82) is 0 Å². The van der Waals surface area contributed by atoms with E-state index in [0.29, 0.717) is 37.2 Å². The van der Waals surface area contributed by atoms with Gasteiger partial charge in [0.2, 0.25) is 5.88 Å². The summed E-state index contributed by atoms with van der Waals surface area (Å²) in [6, 6.07) is 15.8. The predicted molar refractivity (Wildman–Crippen MR) is 130 cm³/mol. The maximum absolute atomic E-state index is 13.5. The minimum Gasteiger partial charge on any atom is -0.439 e. The Bertz CT molecular complexity index is 1060. The van der Waals surface area contributed by atoms with Gasteiger partial charge in [0.25, 0.3) is 0 Å². The van der Waals surface area contributed by atoms with Gasteiger partial charge in [-0.3, -0.25) is 4.90 Å². The topological polar surface area (TPSA) is 59.8 Å². The molecule has 0 amide bonds. The van der Waals surface area contributed by atoms with Gasteiger partial charge in [-0.1, -0.05) is 24.3 Å². The molecule has 2 aromatic carbocycles. The molecule has 1 N–H and O–H groups in total. The molecule has 0 aliphatic heterocycles. The lowest BCUT2D eigenvalue weighted by atomic mass is 10.2. The lowest BCUT2D eigenvalue weighted by molar-refractivity contribution is 0.0235. The van der Waals surface area contributed by atoms with Gasteiger partial charge in [0.05, 0.1) is 36.3 Å². The molecule has 1 aliphatic rings. The molecule has 4 rings (SSSR count). The van der Waals surface area contributed by atoms with Gasteiger partial charge in [0, 0.05) is 19.6 Å². The van der Waals surface area contributed by atoms with Crippen LogP contribution in [0.5, 0.6) is 11.6 Å². The largest absolute Gasteiger partial charge is 0.439 e. The van der Waals surface area contributed by atoms with Crippen molar-refractivity contribution < 1.29 is 19.0 Å². The zero-order chi connectivity index (χ0) is 23.9. The van der Waals surface area contributed by atoms with Crippen LogP contribution >= 0.6 is 0 Å². The van der Waals surface area contributed by atoms with E-state index in [4.69, 9.17) is 14.6 Å². The van der Waals surface area contributed by atoms with Gasteiger partial charge < -0.3 is 14.6 Å². The third-order valence-corrected chi connectivity index (χ3v) is 5.78. The summed E-state index contributed by atoms with van der Waals surface area (Å²) in [7, 11) is 0. The Morgan fingerprint density at radius 3 is 2.62 bits per heavy atom. The highest BCUT2D eigenvalue weighted by Gasteiger charge is 2.28. The van der Waals surface area contributed by atoms with Crippen LogP contribution in [0.3, 0.4) is 0 Å². The van der Waals surface area contributed by atoms with Crippen LogP contribution in [0.4, 0.5) is 4.39 Å². The van der Waals surface area contributed by atoms with Crippen LogP contribution < -0.4 is 4.74 Å². The summed E-state index contributed by atoms with van der Waals surface area (Å²) < 4.78 is 27.0. The van der Waals surface area contributed by atoms with Crippen molar-refractivity contribution in [3.63, 3.8) is 0 Å². The number of rotatable bonds is 13. The van der Waals surface area contributed by atoms with Crippen LogP contribution in [-0.2, 0) is 11.3 Å². The van der Waals surface area contributed by atoms with E-state index in [2.05, 4.69) is 11.5 Å². The molecule has 1 fully saturated rings. The van der Waals surface area contributed by atoms with Crippen LogP contribution in [0.1, 0.15) is 24.1 Å². The van der Waals surface area contributed by atoms with E-state index in [-0.39, 0.29) is 12.4 Å². The van der Waals surface area contributed by atoms with E-state index in [1.54, 1.807) is 22.9 Å². The number of hydrogen-bond donors (Lipinski definition) is 1. The summed E-state index contributed by atoms with van der Waals surface area (Å²) in [6.45, 7) is 8.24. The highest BCUT2D eigenvalue weighted by Crippen LogP contribution is 2.34. The summed E-state index contributed by atoms with van der Waals surface area (Å²) in [5.41, 5.74) is 2.66. The number of aliphatic hydroxyl groups excluding tert-OH is 1. The fourth-order valence-electron chi connectivity index (χ4n) is 3.91. The first-order valence-electron chi connectivity index (χ1n) is 11.7. The monoisotopic (exact) mass is 465 g/mol. The SMILES string of the molecule is C=CCOC[C@H](O)CN(Cc1c(C)nn(-c2ccccc2)c1Oc1ccc(F)cc1)CC1CC1. The maximum Gasteiger partial charge on any atom is 0.227 e. The Hall–Kier alpha value is -3.00. The number of para-hydroxylation sites is 1. The Balaban J connectivity index is 1.62. The number of aliphatic hydroxyl groups is 1. The van der Waals surface area contributed by atoms with Gasteiger partial charge >= 0.3 is 0 Å². The molecule has 3 aromatic rings. The van der Waals surface area contributed by atoms with E-state index in [1.807, 2.05) is 37.3 Å². The molecule has 0 spiro atoms. The molecule has 1 aliphatic carbocycles. The fourth-order valence-corrected chi connectivity index (χ4v) is 3.91. The minimum absolute atomic E-state index is 0.258. The Kier molecular flexibility index (Phi) is 8.11. The third-order valence-electron chi connectivity index (χ3n) is 5.78. The quantitative estimate of drug-likeness (QED) is 0.288. The lowest BCUT2D eigenvalue weighted by Crippen LogP contribution is -2.36. The van der Waals surface area contributed by atoms with Crippen molar-refractivity contribution in [1.82, 2.24) is 14.7 Å². The summed E-state index contributed by atoms with van der Waals surface area (Å²) in [6.07, 6.45) is 3.49. The minimum atomic E-state index is -0.607. The van der Waals surface area contributed by atoms with E-state index < -0.39 is 6.10 Å². The van der Waals surface area contributed by atoms with Gasteiger partial charge in [0.1, 0.15) is 11.6 Å². The first-order valence-corrected chi connectivity index (χ1v) is 11.7. The standard InChI is InChI=1S/C27H32FN3O3/c1-3-15-33-19-24(32)17-30(16-21-9-10-21)18-26-20(2)29-31(23-7-5-4-6-8-23)27(26)34-25-13-11-22(28)12-14-25/h3-8,11-14,21,24,32H,1,9-10,15-19H2,2H3/t24-/m1/s1. The highest BCUT2D eigenvalue weighted by atomic mass is 19.1. The molecule has 180 valence electrons. The molecular formula is C27H32FN3O3. The Morgan fingerprint density at radius 2 is 1.94 bits per heavy atom. The average Bonchev–Trinajstić information content (AvgIpc) is 3.60. The zero-order valence-electron chi connectivity index (χ0n) is 19.6. The molecular weight excluding hydrogens is 433 g/mol. The van der Waals surface area contributed by atoms with E-state index >= 15 is 0 Å². The molecule has 1 atom stereocenters. The van der Waals surface area contributed by atoms with E-state index in [1.165, 1.54) is 25.0 Å². The van der Waals surface area contributed by atoms with Gasteiger partial charge in [-0.2, -0.15) is 5.10 Å². The fraction of sp³-hybridized carbons (Fsp3) is 0.370. The number of aromatic nitrogens is 2. The average molecular weight is 466 g/mol. The predicted octanol–water partition coefficient (Wildman–Crippen LogP) is 4.89. The number of halogens is 1. The summed E-state index contributed by atoms with van der Waals surface area (Å²) in [4.78, 5) is 2.25. The van der Waals surface area contributed by atoms with Crippen molar-refractivity contribution in [3.8, 4) is 17.3 Å². The van der Waals surface area contributed by atoms with E-state index in [0.717, 1.165) is 23.5 Å². The lowest BCUT2D eigenvalue weighted by Gasteiger charge is -2.25. The molecule has 0 saturated heterocycles. The maximum atomic E-state index is 13.5. The van der Waals surface area contributed by atoms with Gasteiger partial charge in [-0.05, 0) is 62.1 Å². The van der Waals surface area contributed by atoms with Crippen LogP contribution in [0.15, 0.2) is 67.3 Å². The van der Waals surface area contributed by atoms with Crippen molar-refractivity contribution in [3.05, 3.63) is 84.3 Å². The Labute approximate surface area is 200 Å². The molecule has 1 aromatic heterocycles. The molecule has 0 unspecified atom stereocenters. The van der Waals surface area contributed by atoms with Gasteiger partial charge in [-0.25, -0.2) is 9.07 Å². The molecule has 0 radical (unpaired) electrons. The third kappa shape index (κ3) is 6.53. The van der Waals surface area contributed by atoms with Gasteiger partial charge in [0.15, 0.2) is 0 Å². The van der Waals surface area contributed by atoms with Crippen LogP contribution in [0.2, 0.25) is 0 Å². The molecule has 0 bridgehead atoms.